The number of carbonyl (C=O) groups excluding carboxylic acids is 1. The van der Waals surface area contributed by atoms with Crippen LogP contribution in [-0.2, 0) is 11.2 Å². The molecular formula is C18H30FIN4O3. The van der Waals surface area contributed by atoms with E-state index >= 15 is 0 Å². The van der Waals surface area contributed by atoms with Crippen LogP contribution in [0.1, 0.15) is 31.9 Å². The molecule has 0 atom stereocenters. The van der Waals surface area contributed by atoms with Crippen LogP contribution >= 0.6 is 24.0 Å². The summed E-state index contributed by atoms with van der Waals surface area (Å²) >= 11 is 0. The van der Waals surface area contributed by atoms with Crippen LogP contribution in [0, 0.1) is 0 Å². The molecule has 27 heavy (non-hydrogen) atoms. The molecule has 154 valence electrons. The second-order valence-corrected chi connectivity index (χ2v) is 6.13. The van der Waals surface area contributed by atoms with Crippen molar-refractivity contribution >= 4 is 36.0 Å². The first-order chi connectivity index (χ1) is 12.7. The van der Waals surface area contributed by atoms with Gasteiger partial charge >= 0.3 is 6.09 Å². The van der Waals surface area contributed by atoms with E-state index in [4.69, 9.17) is 9.15 Å². The number of ether oxygens (including phenoxy) is 1. The largest absolute Gasteiger partial charge is 0.469 e. The third-order valence-electron chi connectivity index (χ3n) is 4.17. The molecule has 7 nitrogen and oxygen atoms in total. The molecule has 1 aliphatic rings. The second-order valence-electron chi connectivity index (χ2n) is 6.13. The van der Waals surface area contributed by atoms with Crippen LogP contribution in [-0.4, -0.2) is 62.5 Å². The lowest BCUT2D eigenvalue weighted by molar-refractivity contribution is 0.0963. The number of aliphatic imine (C=N–C) groups is 1. The molecule has 2 N–H and O–H groups in total. The van der Waals surface area contributed by atoms with Crippen molar-refractivity contribution in [1.82, 2.24) is 15.5 Å². The molecule has 0 bridgehead atoms. The van der Waals surface area contributed by atoms with Crippen molar-refractivity contribution in [2.75, 3.05) is 39.5 Å². The van der Waals surface area contributed by atoms with E-state index in [0.717, 1.165) is 25.0 Å². The minimum Gasteiger partial charge on any atom is -0.469 e. The van der Waals surface area contributed by atoms with Gasteiger partial charge in [-0.1, -0.05) is 0 Å². The molecule has 0 spiro atoms. The third kappa shape index (κ3) is 8.81. The number of carbonyl (C=O) groups is 1. The molecule has 1 aromatic rings. The number of likely N-dealkylation sites (tertiary alicyclic amines) is 1. The topological polar surface area (TPSA) is 79.1 Å². The molecule has 1 fully saturated rings. The van der Waals surface area contributed by atoms with Gasteiger partial charge in [-0.3, -0.25) is 9.38 Å². The Kier molecular flexibility index (Phi) is 11.9. The summed E-state index contributed by atoms with van der Waals surface area (Å²) in [6, 6.07) is 4.02. The van der Waals surface area contributed by atoms with Crippen LogP contribution < -0.4 is 10.6 Å². The third-order valence-corrected chi connectivity index (χ3v) is 4.17. The highest BCUT2D eigenvalue weighted by atomic mass is 127. The van der Waals surface area contributed by atoms with E-state index in [1.54, 1.807) is 18.1 Å². The zero-order valence-corrected chi connectivity index (χ0v) is 18.1. The Bertz CT molecular complexity index is 549. The molecule has 1 aliphatic heterocycles. The fourth-order valence-electron chi connectivity index (χ4n) is 2.78. The van der Waals surface area contributed by atoms with Gasteiger partial charge in [0.25, 0.3) is 0 Å². The van der Waals surface area contributed by atoms with E-state index in [-0.39, 0.29) is 42.8 Å². The van der Waals surface area contributed by atoms with Crippen molar-refractivity contribution in [3.05, 3.63) is 24.2 Å². The van der Waals surface area contributed by atoms with Crippen LogP contribution in [0.2, 0.25) is 0 Å². The van der Waals surface area contributed by atoms with E-state index in [0.29, 0.717) is 45.2 Å². The molecule has 1 aromatic heterocycles. The summed E-state index contributed by atoms with van der Waals surface area (Å²) in [6.45, 7) is 4.25. The van der Waals surface area contributed by atoms with E-state index in [2.05, 4.69) is 15.6 Å². The minimum atomic E-state index is -0.374. The molecule has 0 radical (unpaired) electrons. The molecule has 1 saturated heterocycles. The number of furan rings is 1. The maximum Gasteiger partial charge on any atom is 0.409 e. The monoisotopic (exact) mass is 496 g/mol. The maximum atomic E-state index is 12.3. The first kappa shape index (κ1) is 23.5. The summed E-state index contributed by atoms with van der Waals surface area (Å²) in [5.41, 5.74) is 0. The van der Waals surface area contributed by atoms with Gasteiger partial charge in [-0.25, -0.2) is 4.79 Å². The Balaban J connectivity index is 0.00000364. The molecule has 0 aromatic carbocycles. The molecular weight excluding hydrogens is 466 g/mol. The summed E-state index contributed by atoms with van der Waals surface area (Å²) < 4.78 is 22.7. The van der Waals surface area contributed by atoms with Gasteiger partial charge in [0.2, 0.25) is 0 Å². The first-order valence-electron chi connectivity index (χ1n) is 9.27. The van der Waals surface area contributed by atoms with Crippen LogP contribution in [0.25, 0.3) is 0 Å². The number of nitrogens with one attached hydrogen (secondary N) is 2. The Morgan fingerprint density at radius 3 is 2.85 bits per heavy atom. The minimum absolute atomic E-state index is 0. The zero-order chi connectivity index (χ0) is 18.6. The van der Waals surface area contributed by atoms with Gasteiger partial charge in [-0.05, 0) is 38.3 Å². The average Bonchev–Trinajstić information content (AvgIpc) is 3.16. The number of alkyl halides is 1. The quantitative estimate of drug-likeness (QED) is 0.251. The molecule has 1 amide bonds. The molecule has 2 rings (SSSR count). The molecule has 0 aliphatic carbocycles. The van der Waals surface area contributed by atoms with Gasteiger partial charge in [-0.15, -0.1) is 24.0 Å². The Morgan fingerprint density at radius 1 is 1.44 bits per heavy atom. The number of halogens is 2. The second kappa shape index (κ2) is 13.6. The molecule has 0 unspecified atom stereocenters. The fourth-order valence-corrected chi connectivity index (χ4v) is 2.78. The zero-order valence-electron chi connectivity index (χ0n) is 15.8. The summed E-state index contributed by atoms with van der Waals surface area (Å²) in [5.74, 6) is 1.59. The lowest BCUT2D eigenvalue weighted by Gasteiger charge is -2.32. The average molecular weight is 496 g/mol. The lowest BCUT2D eigenvalue weighted by atomic mass is 10.1. The Hall–Kier alpha value is -1.52. The van der Waals surface area contributed by atoms with Crippen molar-refractivity contribution in [2.45, 2.75) is 38.6 Å². The van der Waals surface area contributed by atoms with Crippen molar-refractivity contribution in [2.24, 2.45) is 4.99 Å². The highest BCUT2D eigenvalue weighted by Crippen LogP contribution is 2.11. The summed E-state index contributed by atoms with van der Waals surface area (Å²) in [5, 5.41) is 6.66. The van der Waals surface area contributed by atoms with Crippen molar-refractivity contribution < 1.29 is 18.3 Å². The molecule has 2 heterocycles. The van der Waals surface area contributed by atoms with E-state index in [1.807, 2.05) is 12.1 Å². The number of rotatable bonds is 8. The van der Waals surface area contributed by atoms with Crippen LogP contribution in [0.15, 0.2) is 27.8 Å². The van der Waals surface area contributed by atoms with Crippen molar-refractivity contribution in [3.8, 4) is 0 Å². The highest BCUT2D eigenvalue weighted by molar-refractivity contribution is 14.0. The standard InChI is InChI=1S/C18H29FN4O3.HI/c1-2-25-18(24)23-12-7-15(8-13-23)22-17(20-10-4-9-19)21-11-6-16-5-3-14-26-16;/h3,5,14-15H,2,4,6-13H2,1H3,(H2,20,21,22);1H. The van der Waals surface area contributed by atoms with E-state index in [9.17, 15) is 9.18 Å². The predicted octanol–water partition coefficient (Wildman–Crippen LogP) is 2.96. The van der Waals surface area contributed by atoms with Gasteiger partial charge in [0.05, 0.1) is 19.5 Å². The van der Waals surface area contributed by atoms with E-state index < -0.39 is 0 Å². The Labute approximate surface area is 177 Å². The van der Waals surface area contributed by atoms with Gasteiger partial charge < -0.3 is 24.7 Å². The van der Waals surface area contributed by atoms with Gasteiger partial charge in [-0.2, -0.15) is 0 Å². The smallest absolute Gasteiger partial charge is 0.409 e. The SMILES string of the molecule is CCOC(=O)N1CCC(NC(=NCCCF)NCCc2ccco2)CC1.I. The van der Waals surface area contributed by atoms with Gasteiger partial charge in [0.15, 0.2) is 5.96 Å². The van der Waals surface area contributed by atoms with Crippen LogP contribution in [0.5, 0.6) is 0 Å². The molecule has 0 saturated carbocycles. The molecule has 9 heteroatoms. The highest BCUT2D eigenvalue weighted by Gasteiger charge is 2.24. The predicted molar refractivity (Wildman–Crippen MR) is 113 cm³/mol. The Morgan fingerprint density at radius 2 is 2.22 bits per heavy atom. The number of piperidine rings is 1. The van der Waals surface area contributed by atoms with Crippen molar-refractivity contribution in [1.29, 1.82) is 0 Å². The number of nitrogens with zero attached hydrogens (tertiary/aromatic N) is 2. The van der Waals surface area contributed by atoms with Crippen LogP contribution in [0.4, 0.5) is 9.18 Å². The first-order valence-corrected chi connectivity index (χ1v) is 9.27. The summed E-state index contributed by atoms with van der Waals surface area (Å²) in [6.07, 6.45) is 4.20. The summed E-state index contributed by atoms with van der Waals surface area (Å²) in [4.78, 5) is 17.9. The fraction of sp³-hybridized carbons (Fsp3) is 0.667. The van der Waals surface area contributed by atoms with Crippen molar-refractivity contribution in [3.63, 3.8) is 0 Å². The number of guanidine groups is 1. The maximum absolute atomic E-state index is 12.3. The van der Waals surface area contributed by atoms with Gasteiger partial charge in [0.1, 0.15) is 5.76 Å². The van der Waals surface area contributed by atoms with Gasteiger partial charge in [0, 0.05) is 38.6 Å². The lowest BCUT2D eigenvalue weighted by Crippen LogP contribution is -2.50. The summed E-state index contributed by atoms with van der Waals surface area (Å²) in [7, 11) is 0. The van der Waals surface area contributed by atoms with Crippen LogP contribution in [0.3, 0.4) is 0 Å². The number of amides is 1. The number of hydrogen-bond donors (Lipinski definition) is 2. The normalized spacial score (nSPS) is 15.2. The number of hydrogen-bond acceptors (Lipinski definition) is 4. The van der Waals surface area contributed by atoms with E-state index in [1.165, 1.54) is 0 Å².